The van der Waals surface area contributed by atoms with Crippen molar-refractivity contribution in [3.8, 4) is 11.5 Å². The summed E-state index contributed by atoms with van der Waals surface area (Å²) in [5.74, 6) is 0.314. The quantitative estimate of drug-likeness (QED) is 0.666. The Morgan fingerprint density at radius 1 is 1.23 bits per heavy atom. The minimum atomic E-state index is -0.518. The lowest BCUT2D eigenvalue weighted by molar-refractivity contribution is -0.143. The van der Waals surface area contributed by atoms with E-state index in [0.717, 1.165) is 17.7 Å². The van der Waals surface area contributed by atoms with Crippen molar-refractivity contribution >= 4 is 11.8 Å². The van der Waals surface area contributed by atoms with Crippen molar-refractivity contribution in [2.45, 2.75) is 66.4 Å². The van der Waals surface area contributed by atoms with E-state index in [1.807, 2.05) is 45.9 Å². The van der Waals surface area contributed by atoms with Gasteiger partial charge in [-0.05, 0) is 57.2 Å². The predicted molar refractivity (Wildman–Crippen MR) is 119 cm³/mol. The Hall–Kier alpha value is -2.76. The second-order valence-electron chi connectivity index (χ2n) is 9.23. The molecule has 2 aliphatic rings. The molecule has 0 saturated heterocycles. The van der Waals surface area contributed by atoms with Crippen LogP contribution in [0.1, 0.15) is 65.9 Å². The van der Waals surface area contributed by atoms with E-state index in [1.54, 1.807) is 7.11 Å². The van der Waals surface area contributed by atoms with Crippen molar-refractivity contribution in [1.82, 2.24) is 5.32 Å². The molecule has 1 N–H and O–H groups in total. The smallest absolute Gasteiger partial charge is 0.337 e. The summed E-state index contributed by atoms with van der Waals surface area (Å²) in [5.41, 5.74) is 3.38. The van der Waals surface area contributed by atoms with Gasteiger partial charge in [0.05, 0.1) is 25.4 Å². The number of Topliss-reactive ketones (excluding diaryl/α,β-unsaturated/α-hetero) is 1. The van der Waals surface area contributed by atoms with E-state index >= 15 is 0 Å². The topological polar surface area (TPSA) is 73.9 Å². The fraction of sp³-hybridized carbons (Fsp3) is 0.520. The summed E-state index contributed by atoms with van der Waals surface area (Å²) in [6.45, 7) is 12.1. The molecule has 0 radical (unpaired) electrons. The van der Waals surface area contributed by atoms with Crippen molar-refractivity contribution in [2.75, 3.05) is 13.7 Å². The number of carbonyl (C=O) groups is 2. The summed E-state index contributed by atoms with van der Waals surface area (Å²) < 4.78 is 16.8. The van der Waals surface area contributed by atoms with E-state index in [4.69, 9.17) is 14.2 Å². The zero-order valence-corrected chi connectivity index (χ0v) is 19.5. The normalized spacial score (nSPS) is 20.4. The molecule has 1 aromatic rings. The lowest BCUT2D eigenvalue weighted by atomic mass is 9.68. The van der Waals surface area contributed by atoms with Gasteiger partial charge >= 0.3 is 5.97 Å². The second-order valence-corrected chi connectivity index (χ2v) is 9.23. The van der Waals surface area contributed by atoms with Crippen molar-refractivity contribution in [3.63, 3.8) is 0 Å². The van der Waals surface area contributed by atoms with Crippen LogP contribution < -0.4 is 14.8 Å². The van der Waals surface area contributed by atoms with Crippen molar-refractivity contribution in [2.24, 2.45) is 5.41 Å². The molecule has 168 valence electrons. The second kappa shape index (κ2) is 8.77. The molecule has 6 nitrogen and oxygen atoms in total. The predicted octanol–water partition coefficient (Wildman–Crippen LogP) is 4.65. The lowest BCUT2D eigenvalue weighted by Crippen LogP contribution is -2.39. The summed E-state index contributed by atoms with van der Waals surface area (Å²) in [6, 6.07) is 5.59. The monoisotopic (exact) mass is 427 g/mol. The van der Waals surface area contributed by atoms with Crippen LogP contribution in [0.2, 0.25) is 0 Å². The van der Waals surface area contributed by atoms with Crippen LogP contribution >= 0.6 is 0 Å². The van der Waals surface area contributed by atoms with Gasteiger partial charge in [0.15, 0.2) is 17.3 Å². The fourth-order valence-electron chi connectivity index (χ4n) is 4.46. The van der Waals surface area contributed by atoms with E-state index in [1.165, 1.54) is 0 Å². The number of carbonyl (C=O) groups excluding carboxylic acids is 2. The third-order valence-corrected chi connectivity index (χ3v) is 5.62. The number of nitrogens with one attached hydrogen (secondary N) is 1. The first-order valence-corrected chi connectivity index (χ1v) is 10.8. The summed E-state index contributed by atoms with van der Waals surface area (Å²) in [4.78, 5) is 26.4. The molecule has 0 spiro atoms. The summed E-state index contributed by atoms with van der Waals surface area (Å²) in [6.07, 6.45) is 0.909. The van der Waals surface area contributed by atoms with Crippen LogP contribution in [0.4, 0.5) is 0 Å². The minimum Gasteiger partial charge on any atom is -0.493 e. The molecule has 0 aromatic heterocycles. The van der Waals surface area contributed by atoms with Crippen LogP contribution in [0, 0.1) is 5.41 Å². The average Bonchev–Trinajstić information content (AvgIpc) is 2.65. The number of allylic oxidation sites excluding steroid dienone is 3. The van der Waals surface area contributed by atoms with Gasteiger partial charge in [-0.25, -0.2) is 4.79 Å². The third kappa shape index (κ3) is 4.63. The summed E-state index contributed by atoms with van der Waals surface area (Å²) >= 11 is 0. The maximum absolute atomic E-state index is 13.3. The number of hydrogen-bond acceptors (Lipinski definition) is 6. The first kappa shape index (κ1) is 22.9. The van der Waals surface area contributed by atoms with Gasteiger partial charge in [-0.1, -0.05) is 19.9 Å². The molecular weight excluding hydrogens is 394 g/mol. The molecule has 0 fully saturated rings. The van der Waals surface area contributed by atoms with Crippen molar-refractivity contribution in [1.29, 1.82) is 0 Å². The highest BCUT2D eigenvalue weighted by Crippen LogP contribution is 2.47. The standard InChI is InChI=1S/C25H33NO5/c1-8-30-19-10-9-16(11-20(19)29-7)22-21(24(28)31-14(2)3)15(4)26-17-12-25(5,6)13-18(27)23(17)22/h9-11,14,22,26H,8,12-13H2,1-7H3/t22-/m0/s1. The maximum atomic E-state index is 13.3. The van der Waals surface area contributed by atoms with Gasteiger partial charge in [0, 0.05) is 29.3 Å². The molecule has 1 aliphatic heterocycles. The number of benzene rings is 1. The SMILES string of the molecule is CCOc1ccc([C@H]2C(C(=O)OC(C)C)=C(C)NC3=C2C(=O)CC(C)(C)C3)cc1OC. The van der Waals surface area contributed by atoms with E-state index in [0.29, 0.717) is 41.4 Å². The molecule has 0 unspecified atom stereocenters. The minimum absolute atomic E-state index is 0.0546. The van der Waals surface area contributed by atoms with Crippen LogP contribution in [-0.2, 0) is 14.3 Å². The highest BCUT2D eigenvalue weighted by Gasteiger charge is 2.43. The average molecular weight is 428 g/mol. The summed E-state index contributed by atoms with van der Waals surface area (Å²) in [5, 5.41) is 3.35. The Labute approximate surface area is 184 Å². The van der Waals surface area contributed by atoms with Gasteiger partial charge in [-0.3, -0.25) is 4.79 Å². The third-order valence-electron chi connectivity index (χ3n) is 5.62. The maximum Gasteiger partial charge on any atom is 0.337 e. The zero-order valence-electron chi connectivity index (χ0n) is 19.5. The van der Waals surface area contributed by atoms with E-state index in [2.05, 4.69) is 19.2 Å². The number of esters is 1. The molecule has 0 bridgehead atoms. The first-order chi connectivity index (χ1) is 14.6. The van der Waals surface area contributed by atoms with E-state index in [-0.39, 0.29) is 17.3 Å². The van der Waals surface area contributed by atoms with Crippen LogP contribution in [0.15, 0.2) is 40.7 Å². The number of ether oxygens (including phenoxy) is 3. The Bertz CT molecular complexity index is 955. The van der Waals surface area contributed by atoms with Crippen LogP contribution in [0.3, 0.4) is 0 Å². The highest BCUT2D eigenvalue weighted by atomic mass is 16.5. The summed E-state index contributed by atoms with van der Waals surface area (Å²) in [7, 11) is 1.58. The Kier molecular flexibility index (Phi) is 6.48. The molecule has 1 atom stereocenters. The fourth-order valence-corrected chi connectivity index (χ4v) is 4.46. The number of dihydropyridines is 1. The van der Waals surface area contributed by atoms with E-state index < -0.39 is 11.9 Å². The molecule has 0 amide bonds. The molecule has 1 heterocycles. The van der Waals surface area contributed by atoms with Crippen LogP contribution in [-0.4, -0.2) is 31.6 Å². The molecule has 31 heavy (non-hydrogen) atoms. The van der Waals surface area contributed by atoms with E-state index in [9.17, 15) is 9.59 Å². The van der Waals surface area contributed by atoms with Gasteiger partial charge in [-0.2, -0.15) is 0 Å². The number of ketones is 1. The first-order valence-electron chi connectivity index (χ1n) is 10.8. The van der Waals surface area contributed by atoms with Crippen LogP contribution in [0.5, 0.6) is 11.5 Å². The molecule has 1 aliphatic carbocycles. The van der Waals surface area contributed by atoms with Crippen LogP contribution in [0.25, 0.3) is 0 Å². The zero-order chi connectivity index (χ0) is 22.9. The van der Waals surface area contributed by atoms with Crippen molar-refractivity contribution < 1.29 is 23.8 Å². The van der Waals surface area contributed by atoms with Gasteiger partial charge in [-0.15, -0.1) is 0 Å². The molecule has 6 heteroatoms. The number of hydrogen-bond donors (Lipinski definition) is 1. The Morgan fingerprint density at radius 3 is 2.55 bits per heavy atom. The molecular formula is C25H33NO5. The van der Waals surface area contributed by atoms with Gasteiger partial charge in [0.2, 0.25) is 0 Å². The molecule has 3 rings (SSSR count). The van der Waals surface area contributed by atoms with Crippen molar-refractivity contribution in [3.05, 3.63) is 46.3 Å². The van der Waals surface area contributed by atoms with Gasteiger partial charge in [0.25, 0.3) is 0 Å². The number of methoxy groups -OCH3 is 1. The highest BCUT2D eigenvalue weighted by molar-refractivity contribution is 6.04. The lowest BCUT2D eigenvalue weighted by Gasteiger charge is -2.39. The largest absolute Gasteiger partial charge is 0.493 e. The van der Waals surface area contributed by atoms with Gasteiger partial charge < -0.3 is 19.5 Å². The Balaban J connectivity index is 2.18. The molecule has 1 aromatic carbocycles. The number of rotatable bonds is 6. The Morgan fingerprint density at radius 2 is 1.94 bits per heavy atom. The molecule has 0 saturated carbocycles. The van der Waals surface area contributed by atoms with Gasteiger partial charge in [0.1, 0.15) is 0 Å².